The van der Waals surface area contributed by atoms with Crippen LogP contribution in [0.15, 0.2) is 0 Å². The standard InChI is InChI=1S/C16H33N3/c1-5-10-17-14-8-6-7-9-15(14)19-12-11-18(4)16(2,3)13-19/h14-15,17H,5-13H2,1-4H3. The monoisotopic (exact) mass is 267 g/mol. The highest BCUT2D eigenvalue weighted by atomic mass is 15.3. The third-order valence-corrected chi connectivity index (χ3v) is 5.20. The Morgan fingerprint density at radius 2 is 1.89 bits per heavy atom. The van der Waals surface area contributed by atoms with Gasteiger partial charge in [0.2, 0.25) is 0 Å². The second kappa shape index (κ2) is 6.55. The summed E-state index contributed by atoms with van der Waals surface area (Å²) in [6, 6.07) is 1.50. The summed E-state index contributed by atoms with van der Waals surface area (Å²) in [4.78, 5) is 5.29. The first kappa shape index (κ1) is 15.3. The van der Waals surface area contributed by atoms with Crippen molar-refractivity contribution in [1.82, 2.24) is 15.1 Å². The summed E-state index contributed by atoms with van der Waals surface area (Å²) in [7, 11) is 2.27. The van der Waals surface area contributed by atoms with Crippen LogP contribution in [-0.4, -0.2) is 60.6 Å². The van der Waals surface area contributed by atoms with Gasteiger partial charge in [0.05, 0.1) is 0 Å². The van der Waals surface area contributed by atoms with Crippen LogP contribution < -0.4 is 5.32 Å². The van der Waals surface area contributed by atoms with E-state index in [1.165, 1.54) is 58.3 Å². The van der Waals surface area contributed by atoms with E-state index in [0.717, 1.165) is 12.1 Å². The van der Waals surface area contributed by atoms with Crippen LogP contribution in [0.25, 0.3) is 0 Å². The van der Waals surface area contributed by atoms with E-state index in [1.54, 1.807) is 0 Å². The van der Waals surface area contributed by atoms with Gasteiger partial charge >= 0.3 is 0 Å². The molecule has 0 aromatic rings. The van der Waals surface area contributed by atoms with Crippen molar-refractivity contribution in [2.24, 2.45) is 0 Å². The zero-order valence-electron chi connectivity index (χ0n) is 13.4. The second-order valence-corrected chi connectivity index (χ2v) is 7.12. The fraction of sp³-hybridized carbons (Fsp3) is 1.00. The van der Waals surface area contributed by atoms with Gasteiger partial charge in [-0.1, -0.05) is 19.8 Å². The van der Waals surface area contributed by atoms with Gasteiger partial charge in [-0.25, -0.2) is 0 Å². The maximum absolute atomic E-state index is 3.80. The molecular weight excluding hydrogens is 234 g/mol. The van der Waals surface area contributed by atoms with E-state index in [2.05, 4.69) is 42.9 Å². The summed E-state index contributed by atoms with van der Waals surface area (Å²) < 4.78 is 0. The number of piperazine rings is 1. The van der Waals surface area contributed by atoms with Crippen LogP contribution in [0.5, 0.6) is 0 Å². The first-order valence-electron chi connectivity index (χ1n) is 8.23. The number of hydrogen-bond donors (Lipinski definition) is 1. The minimum absolute atomic E-state index is 0.324. The van der Waals surface area contributed by atoms with Gasteiger partial charge in [0.25, 0.3) is 0 Å². The first-order valence-corrected chi connectivity index (χ1v) is 8.23. The Kier molecular flexibility index (Phi) is 5.27. The molecule has 1 aliphatic carbocycles. The lowest BCUT2D eigenvalue weighted by Gasteiger charge is -2.50. The minimum atomic E-state index is 0.324. The van der Waals surface area contributed by atoms with Crippen LogP contribution in [0.4, 0.5) is 0 Å². The lowest BCUT2D eigenvalue weighted by molar-refractivity contribution is -0.00143. The fourth-order valence-electron chi connectivity index (χ4n) is 3.68. The average molecular weight is 267 g/mol. The smallest absolute Gasteiger partial charge is 0.0277 e. The Hall–Kier alpha value is -0.120. The quantitative estimate of drug-likeness (QED) is 0.843. The van der Waals surface area contributed by atoms with Crippen LogP contribution in [0, 0.1) is 0 Å². The van der Waals surface area contributed by atoms with E-state index in [1.807, 2.05) is 0 Å². The maximum atomic E-state index is 3.80. The van der Waals surface area contributed by atoms with Gasteiger partial charge in [-0.05, 0) is 46.7 Å². The highest BCUT2D eigenvalue weighted by molar-refractivity contribution is 4.95. The first-order chi connectivity index (χ1) is 9.04. The van der Waals surface area contributed by atoms with Gasteiger partial charge in [0, 0.05) is 37.3 Å². The Bertz CT molecular complexity index is 277. The van der Waals surface area contributed by atoms with Crippen molar-refractivity contribution in [2.75, 3.05) is 33.2 Å². The highest BCUT2D eigenvalue weighted by Crippen LogP contribution is 2.28. The average Bonchev–Trinajstić information content (AvgIpc) is 2.40. The normalized spacial score (nSPS) is 33.5. The van der Waals surface area contributed by atoms with E-state index in [9.17, 15) is 0 Å². The molecule has 0 aromatic heterocycles. The summed E-state index contributed by atoms with van der Waals surface area (Å²) in [6.45, 7) is 11.9. The van der Waals surface area contributed by atoms with Crippen molar-refractivity contribution in [1.29, 1.82) is 0 Å². The molecule has 19 heavy (non-hydrogen) atoms. The van der Waals surface area contributed by atoms with E-state index in [0.29, 0.717) is 5.54 Å². The predicted octanol–water partition coefficient (Wildman–Crippen LogP) is 2.32. The van der Waals surface area contributed by atoms with Gasteiger partial charge in [0.15, 0.2) is 0 Å². The molecule has 0 amide bonds. The molecular formula is C16H33N3. The van der Waals surface area contributed by atoms with Crippen molar-refractivity contribution in [3.63, 3.8) is 0 Å². The molecule has 1 saturated carbocycles. The minimum Gasteiger partial charge on any atom is -0.312 e. The summed E-state index contributed by atoms with van der Waals surface area (Å²) in [5.41, 5.74) is 0.324. The van der Waals surface area contributed by atoms with Crippen LogP contribution in [0.3, 0.4) is 0 Å². The molecule has 0 aromatic carbocycles. The molecule has 1 saturated heterocycles. The van der Waals surface area contributed by atoms with Crippen LogP contribution >= 0.6 is 0 Å². The lowest BCUT2D eigenvalue weighted by atomic mass is 9.87. The third kappa shape index (κ3) is 3.71. The summed E-state index contributed by atoms with van der Waals surface area (Å²) >= 11 is 0. The van der Waals surface area contributed by atoms with Gasteiger partial charge < -0.3 is 5.32 Å². The molecule has 2 aliphatic rings. The number of nitrogens with zero attached hydrogens (tertiary/aromatic N) is 2. The molecule has 0 bridgehead atoms. The Morgan fingerprint density at radius 1 is 1.16 bits per heavy atom. The molecule has 1 N–H and O–H groups in total. The van der Waals surface area contributed by atoms with Gasteiger partial charge in [0.1, 0.15) is 0 Å². The predicted molar refractivity (Wildman–Crippen MR) is 82.6 cm³/mol. The van der Waals surface area contributed by atoms with E-state index in [-0.39, 0.29) is 0 Å². The second-order valence-electron chi connectivity index (χ2n) is 7.12. The molecule has 0 radical (unpaired) electrons. The summed E-state index contributed by atoms with van der Waals surface area (Å²) in [5, 5.41) is 3.80. The van der Waals surface area contributed by atoms with Crippen molar-refractivity contribution in [2.45, 2.75) is 70.5 Å². The molecule has 3 nitrogen and oxygen atoms in total. The Balaban J connectivity index is 1.97. The third-order valence-electron chi connectivity index (χ3n) is 5.20. The van der Waals surface area contributed by atoms with Crippen molar-refractivity contribution >= 4 is 0 Å². The Labute approximate surface area is 119 Å². The van der Waals surface area contributed by atoms with Gasteiger partial charge in [-0.3, -0.25) is 9.80 Å². The number of nitrogens with one attached hydrogen (secondary N) is 1. The van der Waals surface area contributed by atoms with Gasteiger partial charge in [-0.15, -0.1) is 0 Å². The summed E-state index contributed by atoms with van der Waals surface area (Å²) in [5.74, 6) is 0. The molecule has 2 rings (SSSR count). The molecule has 2 atom stereocenters. The molecule has 2 unspecified atom stereocenters. The van der Waals surface area contributed by atoms with Crippen molar-refractivity contribution in [3.8, 4) is 0 Å². The molecule has 1 aliphatic heterocycles. The van der Waals surface area contributed by atoms with Crippen LogP contribution in [0.1, 0.15) is 52.9 Å². The maximum Gasteiger partial charge on any atom is 0.0277 e. The Morgan fingerprint density at radius 3 is 2.58 bits per heavy atom. The number of hydrogen-bond acceptors (Lipinski definition) is 3. The number of rotatable bonds is 4. The van der Waals surface area contributed by atoms with Crippen LogP contribution in [0.2, 0.25) is 0 Å². The topological polar surface area (TPSA) is 18.5 Å². The van der Waals surface area contributed by atoms with Gasteiger partial charge in [-0.2, -0.15) is 0 Å². The van der Waals surface area contributed by atoms with Crippen LogP contribution in [-0.2, 0) is 0 Å². The lowest BCUT2D eigenvalue weighted by Crippen LogP contribution is -2.63. The van der Waals surface area contributed by atoms with E-state index < -0.39 is 0 Å². The summed E-state index contributed by atoms with van der Waals surface area (Å²) in [6.07, 6.45) is 6.84. The highest BCUT2D eigenvalue weighted by Gasteiger charge is 2.37. The zero-order chi connectivity index (χ0) is 13.9. The largest absolute Gasteiger partial charge is 0.312 e. The molecule has 3 heteroatoms. The fourth-order valence-corrected chi connectivity index (χ4v) is 3.68. The number of likely N-dealkylation sites (N-methyl/N-ethyl adjacent to an activating group) is 1. The zero-order valence-corrected chi connectivity index (χ0v) is 13.4. The SMILES string of the molecule is CCCNC1CCCCC1N1CCN(C)C(C)(C)C1. The van der Waals surface area contributed by atoms with E-state index in [4.69, 9.17) is 0 Å². The molecule has 2 fully saturated rings. The van der Waals surface area contributed by atoms with Crippen molar-refractivity contribution < 1.29 is 0 Å². The molecule has 112 valence electrons. The molecule has 1 heterocycles. The van der Waals surface area contributed by atoms with Crippen molar-refractivity contribution in [3.05, 3.63) is 0 Å². The van der Waals surface area contributed by atoms with E-state index >= 15 is 0 Å². The molecule has 0 spiro atoms.